The topological polar surface area (TPSA) is 49.5 Å². The van der Waals surface area contributed by atoms with Crippen LogP contribution in [0.1, 0.15) is 50.6 Å². The first-order chi connectivity index (χ1) is 9.63. The van der Waals surface area contributed by atoms with E-state index in [0.29, 0.717) is 18.3 Å². The lowest BCUT2D eigenvalue weighted by Crippen LogP contribution is -2.39. The fourth-order valence-electron chi connectivity index (χ4n) is 3.04. The maximum Gasteiger partial charge on any atom is 0.146 e. The highest BCUT2D eigenvalue weighted by molar-refractivity contribution is 5.50. The predicted octanol–water partition coefficient (Wildman–Crippen LogP) is 2.98. The second kappa shape index (κ2) is 7.04. The Kier molecular flexibility index (Phi) is 5.38. The molecule has 0 heterocycles. The van der Waals surface area contributed by atoms with E-state index in [-0.39, 0.29) is 18.5 Å². The number of anilines is 1. The molecule has 1 unspecified atom stereocenters. The Hall–Kier alpha value is -1.13. The zero-order valence-electron chi connectivity index (χ0n) is 12.2. The van der Waals surface area contributed by atoms with Gasteiger partial charge in [0.05, 0.1) is 12.3 Å². The highest BCUT2D eigenvalue weighted by Crippen LogP contribution is 2.30. The molecule has 1 aliphatic carbocycles. The highest BCUT2D eigenvalue weighted by Gasteiger charge is 2.23. The van der Waals surface area contributed by atoms with Crippen molar-refractivity contribution in [2.75, 3.05) is 18.1 Å². The van der Waals surface area contributed by atoms with E-state index in [1.165, 1.54) is 25.3 Å². The smallest absolute Gasteiger partial charge is 0.146 e. The second-order valence-electron chi connectivity index (χ2n) is 5.71. The van der Waals surface area contributed by atoms with Gasteiger partial charge < -0.3 is 15.7 Å². The summed E-state index contributed by atoms with van der Waals surface area (Å²) in [5, 5.41) is 9.28. The first-order valence-electron chi connectivity index (χ1n) is 7.56. The molecule has 1 aromatic carbocycles. The van der Waals surface area contributed by atoms with Crippen LogP contribution in [0.4, 0.5) is 10.1 Å². The van der Waals surface area contributed by atoms with Gasteiger partial charge in [-0.3, -0.25) is 0 Å². The van der Waals surface area contributed by atoms with E-state index in [2.05, 4.69) is 0 Å². The van der Waals surface area contributed by atoms with Crippen LogP contribution in [0.2, 0.25) is 0 Å². The first-order valence-corrected chi connectivity index (χ1v) is 7.56. The summed E-state index contributed by atoms with van der Waals surface area (Å²) in [5.41, 5.74) is 7.19. The number of aliphatic hydroxyl groups excluding tert-OH is 1. The molecular weight excluding hydrogens is 255 g/mol. The average Bonchev–Trinajstić information content (AvgIpc) is 2.46. The van der Waals surface area contributed by atoms with Gasteiger partial charge in [-0.05, 0) is 37.5 Å². The number of rotatable bonds is 5. The summed E-state index contributed by atoms with van der Waals surface area (Å²) < 4.78 is 14.4. The Labute approximate surface area is 120 Å². The van der Waals surface area contributed by atoms with Gasteiger partial charge in [-0.2, -0.15) is 0 Å². The van der Waals surface area contributed by atoms with Crippen molar-refractivity contribution in [2.24, 2.45) is 5.73 Å². The number of hydrogen-bond acceptors (Lipinski definition) is 3. The van der Waals surface area contributed by atoms with Crippen LogP contribution in [-0.2, 0) is 0 Å². The fourth-order valence-corrected chi connectivity index (χ4v) is 3.04. The lowest BCUT2D eigenvalue weighted by molar-refractivity contribution is 0.289. The van der Waals surface area contributed by atoms with E-state index in [1.54, 1.807) is 6.07 Å². The molecular formula is C16H25FN2O. The summed E-state index contributed by atoms with van der Waals surface area (Å²) in [5.74, 6) is -0.237. The van der Waals surface area contributed by atoms with E-state index in [0.717, 1.165) is 18.4 Å². The Bertz CT molecular complexity index is 430. The summed E-state index contributed by atoms with van der Waals surface area (Å²) in [4.78, 5) is 2.03. The van der Waals surface area contributed by atoms with Crippen LogP contribution in [0.15, 0.2) is 18.2 Å². The van der Waals surface area contributed by atoms with Crippen LogP contribution in [-0.4, -0.2) is 24.3 Å². The molecule has 0 aromatic heterocycles. The fraction of sp³-hybridized carbons (Fsp3) is 0.625. The molecule has 3 N–H and O–H groups in total. The molecule has 0 saturated heterocycles. The molecule has 0 bridgehead atoms. The van der Waals surface area contributed by atoms with Crippen LogP contribution >= 0.6 is 0 Å². The van der Waals surface area contributed by atoms with Crippen molar-refractivity contribution in [3.8, 4) is 0 Å². The molecule has 0 spiro atoms. The maximum absolute atomic E-state index is 14.4. The van der Waals surface area contributed by atoms with Crippen LogP contribution in [0.25, 0.3) is 0 Å². The van der Waals surface area contributed by atoms with Crippen molar-refractivity contribution in [3.05, 3.63) is 29.6 Å². The van der Waals surface area contributed by atoms with Gasteiger partial charge in [-0.25, -0.2) is 4.39 Å². The Balaban J connectivity index is 2.24. The minimum absolute atomic E-state index is 0.0466. The summed E-state index contributed by atoms with van der Waals surface area (Å²) in [6.07, 6.45) is 5.79. The number of benzene rings is 1. The number of nitrogens with zero attached hydrogens (tertiary/aromatic N) is 1. The van der Waals surface area contributed by atoms with Gasteiger partial charge in [0.25, 0.3) is 0 Å². The average molecular weight is 280 g/mol. The van der Waals surface area contributed by atoms with Crippen LogP contribution in [0.5, 0.6) is 0 Å². The van der Waals surface area contributed by atoms with E-state index >= 15 is 0 Å². The van der Waals surface area contributed by atoms with Crippen LogP contribution < -0.4 is 10.6 Å². The van der Waals surface area contributed by atoms with E-state index in [1.807, 2.05) is 17.9 Å². The lowest BCUT2D eigenvalue weighted by Gasteiger charge is -2.36. The van der Waals surface area contributed by atoms with E-state index in [4.69, 9.17) is 5.73 Å². The molecule has 20 heavy (non-hydrogen) atoms. The van der Waals surface area contributed by atoms with Gasteiger partial charge >= 0.3 is 0 Å². The molecule has 2 rings (SSSR count). The minimum Gasteiger partial charge on any atom is -0.395 e. The molecule has 1 aromatic rings. The molecule has 1 saturated carbocycles. The largest absolute Gasteiger partial charge is 0.395 e. The van der Waals surface area contributed by atoms with Gasteiger partial charge in [0.2, 0.25) is 0 Å². The molecule has 112 valence electrons. The summed E-state index contributed by atoms with van der Waals surface area (Å²) in [6.45, 7) is 2.38. The van der Waals surface area contributed by atoms with E-state index in [9.17, 15) is 9.50 Å². The predicted molar refractivity (Wildman–Crippen MR) is 80.3 cm³/mol. The third-order valence-electron chi connectivity index (χ3n) is 4.16. The SMILES string of the molecule is CC(N)c1ccc(N(CCO)C2CCCCC2)c(F)c1. The third-order valence-corrected chi connectivity index (χ3v) is 4.16. The quantitative estimate of drug-likeness (QED) is 0.871. The summed E-state index contributed by atoms with van der Waals surface area (Å²) >= 11 is 0. The minimum atomic E-state index is -0.237. The molecule has 4 heteroatoms. The molecule has 1 aliphatic rings. The molecule has 0 radical (unpaired) electrons. The van der Waals surface area contributed by atoms with Crippen LogP contribution in [0, 0.1) is 5.82 Å². The van der Waals surface area contributed by atoms with Gasteiger partial charge in [-0.1, -0.05) is 25.3 Å². The molecule has 3 nitrogen and oxygen atoms in total. The molecule has 0 amide bonds. The highest BCUT2D eigenvalue weighted by atomic mass is 19.1. The summed E-state index contributed by atoms with van der Waals surface area (Å²) in [7, 11) is 0. The number of nitrogens with two attached hydrogens (primary N) is 1. The van der Waals surface area contributed by atoms with Crippen LogP contribution in [0.3, 0.4) is 0 Å². The van der Waals surface area contributed by atoms with Crippen molar-refractivity contribution in [1.29, 1.82) is 0 Å². The normalized spacial score (nSPS) is 18.0. The lowest BCUT2D eigenvalue weighted by atomic mass is 9.93. The zero-order chi connectivity index (χ0) is 14.5. The third kappa shape index (κ3) is 3.49. The van der Waals surface area contributed by atoms with Crippen molar-refractivity contribution >= 4 is 5.69 Å². The zero-order valence-corrected chi connectivity index (χ0v) is 12.2. The van der Waals surface area contributed by atoms with Crippen molar-refractivity contribution in [1.82, 2.24) is 0 Å². The van der Waals surface area contributed by atoms with Crippen molar-refractivity contribution < 1.29 is 9.50 Å². The first kappa shape index (κ1) is 15.3. The number of aliphatic hydroxyl groups is 1. The van der Waals surface area contributed by atoms with Crippen molar-refractivity contribution in [3.63, 3.8) is 0 Å². The maximum atomic E-state index is 14.4. The number of halogens is 1. The molecule has 0 aliphatic heterocycles. The monoisotopic (exact) mass is 280 g/mol. The Morgan fingerprint density at radius 3 is 2.60 bits per heavy atom. The van der Waals surface area contributed by atoms with Gasteiger partial charge in [0, 0.05) is 18.6 Å². The molecule has 1 atom stereocenters. The summed E-state index contributed by atoms with van der Waals surface area (Å²) in [6, 6.07) is 5.38. The van der Waals surface area contributed by atoms with E-state index < -0.39 is 0 Å². The van der Waals surface area contributed by atoms with Gasteiger partial charge in [0.15, 0.2) is 0 Å². The van der Waals surface area contributed by atoms with Crippen molar-refractivity contribution in [2.45, 2.75) is 51.1 Å². The Morgan fingerprint density at radius 2 is 2.05 bits per heavy atom. The second-order valence-corrected chi connectivity index (χ2v) is 5.71. The Morgan fingerprint density at radius 1 is 1.35 bits per heavy atom. The van der Waals surface area contributed by atoms with Gasteiger partial charge in [-0.15, -0.1) is 0 Å². The van der Waals surface area contributed by atoms with Gasteiger partial charge in [0.1, 0.15) is 5.82 Å². The number of hydrogen-bond donors (Lipinski definition) is 2. The molecule has 1 fully saturated rings. The standard InChI is InChI=1S/C16H25FN2O/c1-12(18)13-7-8-16(15(17)11-13)19(9-10-20)14-5-3-2-4-6-14/h7-8,11-12,14,20H,2-6,9-10,18H2,1H3.